The molecule has 3 heterocycles. The number of hydrogen-bond donors (Lipinski definition) is 1. The molecule has 4 nitrogen and oxygen atoms in total. The molecule has 0 saturated carbocycles. The fraction of sp³-hybridized carbons (Fsp3) is 0.615. The molecule has 2 fully saturated rings. The minimum atomic E-state index is 0.727. The Labute approximate surface area is 103 Å². The highest BCUT2D eigenvalue weighted by Gasteiger charge is 2.27. The molecule has 92 valence electrons. The summed E-state index contributed by atoms with van der Waals surface area (Å²) in [4.78, 5) is 9.21. The minimum Gasteiger partial charge on any atom is -0.356 e. The maximum absolute atomic E-state index is 4.19. The van der Waals surface area contributed by atoms with Gasteiger partial charge in [-0.15, -0.1) is 0 Å². The molecule has 1 aromatic heterocycles. The Morgan fingerprint density at radius 1 is 1.35 bits per heavy atom. The Bertz CT molecular complexity index is 348. The van der Waals surface area contributed by atoms with Crippen LogP contribution in [0.1, 0.15) is 12.8 Å². The Balaban J connectivity index is 1.61. The fourth-order valence-corrected chi connectivity index (χ4v) is 2.80. The molecule has 4 heteroatoms. The second-order valence-electron chi connectivity index (χ2n) is 4.93. The van der Waals surface area contributed by atoms with Crippen LogP contribution in [0.15, 0.2) is 24.5 Å². The Morgan fingerprint density at radius 2 is 2.35 bits per heavy atom. The molecular weight excluding hydrogens is 212 g/mol. The third kappa shape index (κ3) is 2.42. The molecule has 2 saturated heterocycles. The van der Waals surface area contributed by atoms with Crippen molar-refractivity contribution < 1.29 is 0 Å². The summed E-state index contributed by atoms with van der Waals surface area (Å²) >= 11 is 0. The average molecular weight is 232 g/mol. The first kappa shape index (κ1) is 11.0. The standard InChI is InChI=1S/C13H20N4/c1-3-12(9-14-5-1)16-7-8-17(11-16)13-4-2-6-15-10-13/h1,3,5,9,13,15H,2,4,6-8,10-11H2. The van der Waals surface area contributed by atoms with Gasteiger partial charge in [0.1, 0.15) is 0 Å². The first-order valence-electron chi connectivity index (χ1n) is 6.53. The van der Waals surface area contributed by atoms with Crippen molar-refractivity contribution >= 4 is 5.69 Å². The van der Waals surface area contributed by atoms with Crippen molar-refractivity contribution in [1.29, 1.82) is 0 Å². The molecule has 0 radical (unpaired) electrons. The van der Waals surface area contributed by atoms with Gasteiger partial charge in [0.2, 0.25) is 0 Å². The molecule has 0 aliphatic carbocycles. The smallest absolute Gasteiger partial charge is 0.0711 e. The van der Waals surface area contributed by atoms with Crippen molar-refractivity contribution in [1.82, 2.24) is 15.2 Å². The number of anilines is 1. The van der Waals surface area contributed by atoms with Crippen molar-refractivity contribution in [3.8, 4) is 0 Å². The summed E-state index contributed by atoms with van der Waals surface area (Å²) in [5.74, 6) is 0. The number of nitrogens with one attached hydrogen (secondary N) is 1. The number of pyridine rings is 1. The molecule has 0 spiro atoms. The molecule has 1 atom stereocenters. The maximum atomic E-state index is 4.19. The highest BCUT2D eigenvalue weighted by atomic mass is 15.4. The maximum Gasteiger partial charge on any atom is 0.0711 e. The van der Waals surface area contributed by atoms with Crippen LogP contribution in [-0.4, -0.2) is 48.8 Å². The number of rotatable bonds is 2. The number of piperidine rings is 1. The number of hydrogen-bond acceptors (Lipinski definition) is 4. The van der Waals surface area contributed by atoms with E-state index in [0.29, 0.717) is 0 Å². The van der Waals surface area contributed by atoms with Crippen molar-refractivity contribution in [2.75, 3.05) is 37.7 Å². The van der Waals surface area contributed by atoms with Crippen LogP contribution < -0.4 is 10.2 Å². The van der Waals surface area contributed by atoms with Crippen molar-refractivity contribution in [2.24, 2.45) is 0 Å². The van der Waals surface area contributed by atoms with E-state index in [1.54, 1.807) is 0 Å². The van der Waals surface area contributed by atoms with E-state index in [1.807, 2.05) is 18.5 Å². The lowest BCUT2D eigenvalue weighted by atomic mass is 10.1. The van der Waals surface area contributed by atoms with Gasteiger partial charge >= 0.3 is 0 Å². The van der Waals surface area contributed by atoms with Gasteiger partial charge in [-0.3, -0.25) is 9.88 Å². The fourth-order valence-electron chi connectivity index (χ4n) is 2.80. The summed E-state index contributed by atoms with van der Waals surface area (Å²) < 4.78 is 0. The topological polar surface area (TPSA) is 31.4 Å². The Hall–Kier alpha value is -1.13. The normalized spacial score (nSPS) is 26.4. The molecule has 17 heavy (non-hydrogen) atoms. The van der Waals surface area contributed by atoms with E-state index >= 15 is 0 Å². The van der Waals surface area contributed by atoms with Gasteiger partial charge in [-0.1, -0.05) is 0 Å². The first-order chi connectivity index (χ1) is 8.43. The molecule has 2 aliphatic rings. The van der Waals surface area contributed by atoms with E-state index in [2.05, 4.69) is 26.2 Å². The van der Waals surface area contributed by atoms with Gasteiger partial charge in [-0.25, -0.2) is 0 Å². The van der Waals surface area contributed by atoms with Crippen LogP contribution in [0, 0.1) is 0 Å². The Morgan fingerprint density at radius 3 is 3.12 bits per heavy atom. The minimum absolute atomic E-state index is 0.727. The predicted molar refractivity (Wildman–Crippen MR) is 69.0 cm³/mol. The van der Waals surface area contributed by atoms with Gasteiger partial charge in [0, 0.05) is 31.9 Å². The molecular formula is C13H20N4. The van der Waals surface area contributed by atoms with Crippen LogP contribution >= 0.6 is 0 Å². The van der Waals surface area contributed by atoms with Crippen LogP contribution in [-0.2, 0) is 0 Å². The Kier molecular flexibility index (Phi) is 3.25. The highest BCUT2D eigenvalue weighted by molar-refractivity contribution is 5.44. The van der Waals surface area contributed by atoms with Gasteiger partial charge in [0.05, 0.1) is 18.6 Å². The third-order valence-electron chi connectivity index (χ3n) is 3.81. The lowest BCUT2D eigenvalue weighted by molar-refractivity contribution is 0.204. The van der Waals surface area contributed by atoms with Gasteiger partial charge < -0.3 is 10.2 Å². The molecule has 2 aliphatic heterocycles. The van der Waals surface area contributed by atoms with Crippen LogP contribution in [0.2, 0.25) is 0 Å². The van der Waals surface area contributed by atoms with Gasteiger partial charge in [0.15, 0.2) is 0 Å². The predicted octanol–water partition coefficient (Wildman–Crippen LogP) is 0.913. The summed E-state index contributed by atoms with van der Waals surface area (Å²) in [6.07, 6.45) is 6.45. The van der Waals surface area contributed by atoms with E-state index in [4.69, 9.17) is 0 Å². The second-order valence-corrected chi connectivity index (χ2v) is 4.93. The van der Waals surface area contributed by atoms with Crippen LogP contribution in [0.4, 0.5) is 5.69 Å². The van der Waals surface area contributed by atoms with E-state index < -0.39 is 0 Å². The summed E-state index contributed by atoms with van der Waals surface area (Å²) in [6.45, 7) is 5.71. The SMILES string of the molecule is c1cncc(N2CCN(C3CCCNC3)C2)c1. The van der Waals surface area contributed by atoms with E-state index in [-0.39, 0.29) is 0 Å². The lowest BCUT2D eigenvalue weighted by Gasteiger charge is -2.31. The quantitative estimate of drug-likeness (QED) is 0.821. The summed E-state index contributed by atoms with van der Waals surface area (Å²) in [5, 5.41) is 3.49. The number of nitrogens with zero attached hydrogens (tertiary/aromatic N) is 3. The molecule has 1 N–H and O–H groups in total. The molecule has 0 bridgehead atoms. The average Bonchev–Trinajstić information content (AvgIpc) is 2.90. The van der Waals surface area contributed by atoms with Crippen molar-refractivity contribution in [3.63, 3.8) is 0 Å². The van der Waals surface area contributed by atoms with Gasteiger partial charge in [-0.2, -0.15) is 0 Å². The van der Waals surface area contributed by atoms with Crippen LogP contribution in [0.5, 0.6) is 0 Å². The zero-order valence-electron chi connectivity index (χ0n) is 10.2. The van der Waals surface area contributed by atoms with Crippen molar-refractivity contribution in [3.05, 3.63) is 24.5 Å². The summed E-state index contributed by atoms with van der Waals surface area (Å²) in [6, 6.07) is 4.89. The molecule has 1 aromatic rings. The summed E-state index contributed by atoms with van der Waals surface area (Å²) in [5.41, 5.74) is 1.25. The zero-order chi connectivity index (χ0) is 11.5. The largest absolute Gasteiger partial charge is 0.356 e. The molecule has 3 rings (SSSR count). The van der Waals surface area contributed by atoms with Crippen molar-refractivity contribution in [2.45, 2.75) is 18.9 Å². The van der Waals surface area contributed by atoms with Crippen LogP contribution in [0.3, 0.4) is 0 Å². The zero-order valence-corrected chi connectivity index (χ0v) is 10.2. The lowest BCUT2D eigenvalue weighted by Crippen LogP contribution is -2.45. The molecule has 0 amide bonds. The number of aromatic nitrogens is 1. The third-order valence-corrected chi connectivity index (χ3v) is 3.81. The highest BCUT2D eigenvalue weighted by Crippen LogP contribution is 2.20. The molecule has 1 unspecified atom stereocenters. The summed E-state index contributed by atoms with van der Waals surface area (Å²) in [7, 11) is 0. The monoisotopic (exact) mass is 232 g/mol. The van der Waals surface area contributed by atoms with E-state index in [1.165, 1.54) is 31.6 Å². The second kappa shape index (κ2) is 5.02. The van der Waals surface area contributed by atoms with E-state index in [0.717, 1.165) is 25.8 Å². The van der Waals surface area contributed by atoms with Gasteiger partial charge in [-0.05, 0) is 31.5 Å². The van der Waals surface area contributed by atoms with Gasteiger partial charge in [0.25, 0.3) is 0 Å². The van der Waals surface area contributed by atoms with Crippen LogP contribution in [0.25, 0.3) is 0 Å². The van der Waals surface area contributed by atoms with E-state index in [9.17, 15) is 0 Å². The first-order valence-corrected chi connectivity index (χ1v) is 6.53. The molecule has 0 aromatic carbocycles.